The molecule has 0 aliphatic carbocycles. The van der Waals surface area contributed by atoms with Crippen molar-refractivity contribution >= 4 is 29.5 Å². The van der Waals surface area contributed by atoms with Gasteiger partial charge < -0.3 is 29.6 Å². The second kappa shape index (κ2) is 16.8. The first-order valence-corrected chi connectivity index (χ1v) is 13.7. The Morgan fingerprint density at radius 2 is 1.74 bits per heavy atom. The molecule has 1 aromatic heterocycles. The maximum absolute atomic E-state index is 12.7. The molecule has 0 saturated heterocycles. The van der Waals surface area contributed by atoms with Crippen LogP contribution in [0, 0.1) is 0 Å². The number of aromatic nitrogens is 1. The first kappa shape index (κ1) is 33.8. The summed E-state index contributed by atoms with van der Waals surface area (Å²) in [7, 11) is 1.51. The molecule has 1 unspecified atom stereocenters. The fraction of sp³-hybridized carbons (Fsp3) is 0.419. The molecule has 2 aromatic rings. The SMILES string of the molecule is C=CCC(Nc1cc(NC(=O)OCCOC)ccc1-c1ccnc([C@H](CC=C)NC(=O)OC(C)(C)C)c1)C(=O)OCC. The third-order valence-electron chi connectivity index (χ3n) is 5.63. The van der Waals surface area contributed by atoms with Gasteiger partial charge in [0.25, 0.3) is 0 Å². The van der Waals surface area contributed by atoms with Crippen molar-refractivity contribution in [1.82, 2.24) is 10.3 Å². The van der Waals surface area contributed by atoms with E-state index in [1.807, 2.05) is 6.07 Å². The third-order valence-corrected chi connectivity index (χ3v) is 5.63. The molecule has 42 heavy (non-hydrogen) atoms. The van der Waals surface area contributed by atoms with Gasteiger partial charge in [0, 0.05) is 30.2 Å². The maximum atomic E-state index is 12.7. The Hall–Kier alpha value is -4.38. The van der Waals surface area contributed by atoms with Crippen LogP contribution in [0.25, 0.3) is 11.1 Å². The number of carbonyl (C=O) groups excluding carboxylic acids is 3. The van der Waals surface area contributed by atoms with Crippen LogP contribution in [0.3, 0.4) is 0 Å². The molecule has 2 amide bonds. The van der Waals surface area contributed by atoms with Crippen molar-refractivity contribution in [2.24, 2.45) is 0 Å². The number of nitrogens with zero attached hydrogens (tertiary/aromatic N) is 1. The van der Waals surface area contributed by atoms with E-state index in [1.54, 1.807) is 70.3 Å². The quantitative estimate of drug-likeness (QED) is 0.0998. The summed E-state index contributed by atoms with van der Waals surface area (Å²) < 4.78 is 20.7. The van der Waals surface area contributed by atoms with Gasteiger partial charge in [0.15, 0.2) is 0 Å². The van der Waals surface area contributed by atoms with Crippen molar-refractivity contribution < 1.29 is 33.3 Å². The van der Waals surface area contributed by atoms with Crippen molar-refractivity contribution in [1.29, 1.82) is 0 Å². The van der Waals surface area contributed by atoms with Crippen molar-refractivity contribution in [3.63, 3.8) is 0 Å². The minimum Gasteiger partial charge on any atom is -0.464 e. The van der Waals surface area contributed by atoms with E-state index in [2.05, 4.69) is 34.1 Å². The molecule has 0 aliphatic rings. The maximum Gasteiger partial charge on any atom is 0.411 e. The molecule has 228 valence electrons. The predicted molar refractivity (Wildman–Crippen MR) is 162 cm³/mol. The lowest BCUT2D eigenvalue weighted by Gasteiger charge is -2.23. The first-order chi connectivity index (χ1) is 20.0. The number of methoxy groups -OCH3 is 1. The fourth-order valence-electron chi connectivity index (χ4n) is 3.85. The van der Waals surface area contributed by atoms with Gasteiger partial charge in [-0.3, -0.25) is 10.3 Å². The van der Waals surface area contributed by atoms with E-state index >= 15 is 0 Å². The zero-order valence-corrected chi connectivity index (χ0v) is 25.0. The van der Waals surface area contributed by atoms with Crippen molar-refractivity contribution in [3.05, 3.63) is 67.5 Å². The van der Waals surface area contributed by atoms with E-state index in [1.165, 1.54) is 7.11 Å². The lowest BCUT2D eigenvalue weighted by Crippen LogP contribution is -2.35. The smallest absolute Gasteiger partial charge is 0.411 e. The zero-order chi connectivity index (χ0) is 31.1. The monoisotopic (exact) mass is 582 g/mol. The van der Waals surface area contributed by atoms with Crippen LogP contribution in [-0.4, -0.2) is 61.7 Å². The van der Waals surface area contributed by atoms with E-state index in [0.717, 1.165) is 5.56 Å². The zero-order valence-electron chi connectivity index (χ0n) is 25.0. The molecule has 2 rings (SSSR count). The van der Waals surface area contributed by atoms with Crippen LogP contribution in [0.1, 0.15) is 52.3 Å². The van der Waals surface area contributed by atoms with Gasteiger partial charge >= 0.3 is 18.2 Å². The highest BCUT2D eigenvalue weighted by atomic mass is 16.6. The summed E-state index contributed by atoms with van der Waals surface area (Å²) in [6, 6.07) is 7.63. The molecule has 1 aromatic carbocycles. The molecule has 0 bridgehead atoms. The van der Waals surface area contributed by atoms with Gasteiger partial charge in [-0.1, -0.05) is 18.2 Å². The normalized spacial score (nSPS) is 12.3. The standard InChI is InChI=1S/C31H42N4O7/c1-8-11-24(35-30(38)42-31(4,5)6)27-19-21(15-16-32-27)23-14-13-22(33-29(37)41-18-17-39-7)20-26(23)34-25(12-9-2)28(36)40-10-3/h8-9,13-16,19-20,24-25,34H,1-2,10-12,17-18H2,3-7H3,(H,33,37)(H,35,38)/t24-,25?/m0/s1. The summed E-state index contributed by atoms with van der Waals surface area (Å²) >= 11 is 0. The van der Waals surface area contributed by atoms with Gasteiger partial charge in [-0.25, -0.2) is 14.4 Å². The Morgan fingerprint density at radius 3 is 2.38 bits per heavy atom. The summed E-state index contributed by atoms with van der Waals surface area (Å²) in [5.41, 5.74) is 2.37. The number of nitrogens with one attached hydrogen (secondary N) is 3. The highest BCUT2D eigenvalue weighted by Gasteiger charge is 2.23. The van der Waals surface area contributed by atoms with Crippen molar-refractivity contribution in [3.8, 4) is 11.1 Å². The van der Waals surface area contributed by atoms with Gasteiger partial charge in [0.2, 0.25) is 0 Å². The highest BCUT2D eigenvalue weighted by molar-refractivity contribution is 5.90. The van der Waals surface area contributed by atoms with Crippen LogP contribution < -0.4 is 16.0 Å². The lowest BCUT2D eigenvalue weighted by atomic mass is 10.00. The number of ether oxygens (including phenoxy) is 4. The number of hydrogen-bond acceptors (Lipinski definition) is 9. The number of alkyl carbamates (subject to hydrolysis) is 1. The Kier molecular flexibility index (Phi) is 13.5. The molecule has 1 heterocycles. The second-order valence-corrected chi connectivity index (χ2v) is 10.2. The summed E-state index contributed by atoms with van der Waals surface area (Å²) in [6.45, 7) is 15.2. The predicted octanol–water partition coefficient (Wildman–Crippen LogP) is 6.01. The number of hydrogen-bond donors (Lipinski definition) is 3. The van der Waals surface area contributed by atoms with E-state index in [4.69, 9.17) is 18.9 Å². The molecule has 11 heteroatoms. The third kappa shape index (κ3) is 11.2. The van der Waals surface area contributed by atoms with Gasteiger partial charge in [-0.15, -0.1) is 13.2 Å². The van der Waals surface area contributed by atoms with Crippen LogP contribution >= 0.6 is 0 Å². The van der Waals surface area contributed by atoms with Crippen LogP contribution in [0.15, 0.2) is 61.8 Å². The molecule has 0 spiro atoms. The summed E-state index contributed by atoms with van der Waals surface area (Å²) in [5, 5.41) is 8.79. The Labute approximate surface area is 247 Å². The molecular weight excluding hydrogens is 540 g/mol. The minimum atomic E-state index is -0.728. The number of benzene rings is 1. The van der Waals surface area contributed by atoms with E-state index in [0.29, 0.717) is 35.5 Å². The van der Waals surface area contributed by atoms with Crippen LogP contribution in [0.4, 0.5) is 21.0 Å². The average Bonchev–Trinajstić information content (AvgIpc) is 2.92. The van der Waals surface area contributed by atoms with Crippen molar-refractivity contribution in [2.45, 2.75) is 58.2 Å². The first-order valence-electron chi connectivity index (χ1n) is 13.7. The molecule has 2 atom stereocenters. The molecule has 0 saturated carbocycles. The van der Waals surface area contributed by atoms with Crippen LogP contribution in [-0.2, 0) is 23.7 Å². The highest BCUT2D eigenvalue weighted by Crippen LogP contribution is 2.33. The number of esters is 1. The van der Waals surface area contributed by atoms with Gasteiger partial charge in [0.1, 0.15) is 18.2 Å². The number of carbonyl (C=O) groups is 3. The molecule has 3 N–H and O–H groups in total. The van der Waals surface area contributed by atoms with Crippen molar-refractivity contribution in [2.75, 3.05) is 37.6 Å². The number of rotatable bonds is 15. The topological polar surface area (TPSA) is 137 Å². The second-order valence-electron chi connectivity index (χ2n) is 10.2. The molecule has 0 radical (unpaired) electrons. The molecular formula is C31H42N4O7. The number of amides is 2. The van der Waals surface area contributed by atoms with E-state index < -0.39 is 35.8 Å². The van der Waals surface area contributed by atoms with E-state index in [9.17, 15) is 14.4 Å². The van der Waals surface area contributed by atoms with Crippen LogP contribution in [0.5, 0.6) is 0 Å². The van der Waals surface area contributed by atoms with E-state index in [-0.39, 0.29) is 19.8 Å². The summed E-state index contributed by atoms with van der Waals surface area (Å²) in [4.78, 5) is 42.0. The number of anilines is 2. The van der Waals surface area contributed by atoms with Gasteiger partial charge in [-0.2, -0.15) is 0 Å². The number of pyridine rings is 1. The largest absolute Gasteiger partial charge is 0.464 e. The Balaban J connectivity index is 2.49. The van der Waals surface area contributed by atoms with Gasteiger partial charge in [0.05, 0.1) is 24.9 Å². The van der Waals surface area contributed by atoms with Gasteiger partial charge in [-0.05, 0) is 70.4 Å². The van der Waals surface area contributed by atoms with Crippen LogP contribution in [0.2, 0.25) is 0 Å². The fourth-order valence-corrected chi connectivity index (χ4v) is 3.85. The average molecular weight is 583 g/mol. The molecule has 0 aliphatic heterocycles. The molecule has 0 fully saturated rings. The minimum absolute atomic E-state index is 0.0960. The lowest BCUT2D eigenvalue weighted by molar-refractivity contribution is -0.143. The Bertz CT molecular complexity index is 1230. The molecule has 11 nitrogen and oxygen atoms in total. The summed E-state index contributed by atoms with van der Waals surface area (Å²) in [5.74, 6) is -0.441. The summed E-state index contributed by atoms with van der Waals surface area (Å²) in [6.07, 6.45) is 4.44. The Morgan fingerprint density at radius 1 is 1.00 bits per heavy atom.